The first-order chi connectivity index (χ1) is 15.4. The Morgan fingerprint density at radius 3 is 2.75 bits per heavy atom. The quantitative estimate of drug-likeness (QED) is 0.289. The molecule has 15 heteroatoms. The molecule has 0 fully saturated rings. The first kappa shape index (κ1) is 20.5. The average molecular weight is 440 g/mol. The highest BCUT2D eigenvalue weighted by Gasteiger charge is 2.20. The van der Waals surface area contributed by atoms with Crippen LogP contribution in [0.25, 0.3) is 0 Å². The van der Waals surface area contributed by atoms with Gasteiger partial charge in [0.15, 0.2) is 18.1 Å². The number of nitrogens with zero attached hydrogens (tertiary/aromatic N) is 8. The molecule has 2 amide bonds. The molecular formula is C17H16N10O5. The smallest absolute Gasteiger partial charge is 0.467 e. The van der Waals surface area contributed by atoms with Crippen molar-refractivity contribution in [3.8, 4) is 0 Å². The number of aryl methyl sites for hydroxylation is 1. The molecule has 32 heavy (non-hydrogen) atoms. The Labute approximate surface area is 178 Å². The summed E-state index contributed by atoms with van der Waals surface area (Å²) < 4.78 is 9.13. The van der Waals surface area contributed by atoms with Gasteiger partial charge in [-0.3, -0.25) is 14.3 Å². The van der Waals surface area contributed by atoms with Gasteiger partial charge in [0.1, 0.15) is 5.76 Å². The Balaban J connectivity index is 1.41. The highest BCUT2D eigenvalue weighted by molar-refractivity contribution is 6.07. The molecule has 0 saturated carbocycles. The van der Waals surface area contributed by atoms with Crippen LogP contribution in [0.15, 0.2) is 47.6 Å². The number of carbonyl (C=O) groups excluding carboxylic acids is 2. The first-order valence-electron chi connectivity index (χ1n) is 9.12. The van der Waals surface area contributed by atoms with Crippen molar-refractivity contribution >= 4 is 23.5 Å². The van der Waals surface area contributed by atoms with Gasteiger partial charge in [-0.2, -0.15) is 14.9 Å². The highest BCUT2D eigenvalue weighted by atomic mass is 16.6. The Kier molecular flexibility index (Phi) is 5.44. The van der Waals surface area contributed by atoms with Crippen LogP contribution in [0.4, 0.5) is 11.6 Å². The summed E-state index contributed by atoms with van der Waals surface area (Å²) in [5, 5.41) is 27.8. The Bertz CT molecular complexity index is 1270. The van der Waals surface area contributed by atoms with Crippen molar-refractivity contribution < 1.29 is 18.9 Å². The van der Waals surface area contributed by atoms with Crippen LogP contribution in [0, 0.1) is 10.1 Å². The topological polar surface area (TPSA) is 181 Å². The third-order valence-corrected chi connectivity index (χ3v) is 4.15. The van der Waals surface area contributed by atoms with E-state index in [4.69, 9.17) is 4.42 Å². The van der Waals surface area contributed by atoms with Crippen molar-refractivity contribution in [2.24, 2.45) is 7.05 Å². The number of furan rings is 1. The lowest BCUT2D eigenvalue weighted by Crippen LogP contribution is -2.25. The van der Waals surface area contributed by atoms with E-state index in [-0.39, 0.29) is 30.3 Å². The minimum Gasteiger partial charge on any atom is -0.467 e. The summed E-state index contributed by atoms with van der Waals surface area (Å²) in [6.07, 6.45) is 5.67. The SMILES string of the molecule is Cn1cc(NC(=O)c2ccn(Cn3cnc([N+](=O)[O-])n3)n2)c(C(=O)NCc2ccco2)n1. The monoisotopic (exact) mass is 440 g/mol. The Morgan fingerprint density at radius 1 is 1.19 bits per heavy atom. The molecule has 0 radical (unpaired) electrons. The molecule has 4 rings (SSSR count). The number of hydrogen-bond donors (Lipinski definition) is 2. The number of amides is 2. The summed E-state index contributed by atoms with van der Waals surface area (Å²) >= 11 is 0. The van der Waals surface area contributed by atoms with Crippen LogP contribution in [0.2, 0.25) is 0 Å². The number of carbonyl (C=O) groups is 2. The summed E-state index contributed by atoms with van der Waals surface area (Å²) in [5.74, 6) is -1.02. The van der Waals surface area contributed by atoms with Crippen LogP contribution in [-0.4, -0.2) is 51.1 Å². The first-order valence-corrected chi connectivity index (χ1v) is 9.12. The van der Waals surface area contributed by atoms with E-state index in [0.717, 1.165) is 0 Å². The van der Waals surface area contributed by atoms with Crippen molar-refractivity contribution in [2.75, 3.05) is 5.32 Å². The van der Waals surface area contributed by atoms with Crippen LogP contribution in [-0.2, 0) is 20.3 Å². The molecule has 4 aromatic heterocycles. The third-order valence-electron chi connectivity index (χ3n) is 4.15. The van der Waals surface area contributed by atoms with Gasteiger partial charge in [0, 0.05) is 24.5 Å². The van der Waals surface area contributed by atoms with Gasteiger partial charge in [0.2, 0.25) is 6.33 Å². The molecule has 0 spiro atoms. The average Bonchev–Trinajstić information content (AvgIpc) is 3.54. The van der Waals surface area contributed by atoms with Crippen LogP contribution in [0.1, 0.15) is 26.7 Å². The van der Waals surface area contributed by atoms with Crippen LogP contribution >= 0.6 is 0 Å². The van der Waals surface area contributed by atoms with Crippen molar-refractivity contribution in [1.82, 2.24) is 39.6 Å². The maximum Gasteiger partial charge on any atom is 0.491 e. The number of aromatic nitrogens is 7. The van der Waals surface area contributed by atoms with Gasteiger partial charge in [-0.05, 0) is 23.1 Å². The fourth-order valence-corrected chi connectivity index (χ4v) is 2.74. The molecule has 4 aromatic rings. The number of anilines is 1. The van der Waals surface area contributed by atoms with E-state index in [0.29, 0.717) is 5.76 Å². The van der Waals surface area contributed by atoms with Gasteiger partial charge in [-0.25, -0.2) is 4.68 Å². The summed E-state index contributed by atoms with van der Waals surface area (Å²) in [5.41, 5.74) is 0.295. The van der Waals surface area contributed by atoms with E-state index in [1.165, 1.54) is 45.1 Å². The second-order valence-corrected chi connectivity index (χ2v) is 6.50. The molecule has 0 aromatic carbocycles. The second-order valence-electron chi connectivity index (χ2n) is 6.50. The molecule has 0 atom stereocenters. The number of nitrogens with one attached hydrogen (secondary N) is 2. The molecule has 15 nitrogen and oxygen atoms in total. The zero-order valence-corrected chi connectivity index (χ0v) is 16.6. The standard InChI is InChI=1S/C17H16N10O5/c1-24-8-13(14(22-24)16(29)18-7-11-3-2-6-32-11)20-15(28)12-4-5-25(21-12)10-26-9-19-17(23-26)27(30)31/h2-6,8-9H,7,10H2,1H3,(H,18,29)(H,20,28). The van der Waals surface area contributed by atoms with Gasteiger partial charge >= 0.3 is 5.95 Å². The van der Waals surface area contributed by atoms with Gasteiger partial charge in [0.05, 0.1) is 18.5 Å². The van der Waals surface area contributed by atoms with Crippen LogP contribution in [0.3, 0.4) is 0 Å². The lowest BCUT2D eigenvalue weighted by Gasteiger charge is -2.04. The minimum absolute atomic E-state index is 0.0153. The van der Waals surface area contributed by atoms with E-state index < -0.39 is 22.7 Å². The molecule has 0 bridgehead atoms. The molecule has 0 saturated heterocycles. The molecule has 0 aliphatic carbocycles. The zero-order chi connectivity index (χ0) is 22.7. The number of rotatable bonds is 8. The summed E-state index contributed by atoms with van der Waals surface area (Å²) in [4.78, 5) is 38.6. The molecule has 0 aliphatic rings. The molecular weight excluding hydrogens is 424 g/mol. The predicted molar refractivity (Wildman–Crippen MR) is 105 cm³/mol. The largest absolute Gasteiger partial charge is 0.491 e. The second kappa shape index (κ2) is 8.50. The fourth-order valence-electron chi connectivity index (χ4n) is 2.74. The van der Waals surface area contributed by atoms with Crippen LogP contribution in [0.5, 0.6) is 0 Å². The highest BCUT2D eigenvalue weighted by Crippen LogP contribution is 2.15. The lowest BCUT2D eigenvalue weighted by molar-refractivity contribution is -0.394. The van der Waals surface area contributed by atoms with E-state index in [9.17, 15) is 19.7 Å². The molecule has 0 aliphatic heterocycles. The van der Waals surface area contributed by atoms with Crippen molar-refractivity contribution in [1.29, 1.82) is 0 Å². The van der Waals surface area contributed by atoms with E-state index >= 15 is 0 Å². The van der Waals surface area contributed by atoms with Gasteiger partial charge in [0.25, 0.3) is 11.8 Å². The summed E-state index contributed by atoms with van der Waals surface area (Å²) in [7, 11) is 1.62. The molecule has 4 heterocycles. The molecule has 0 unspecified atom stereocenters. The summed E-state index contributed by atoms with van der Waals surface area (Å²) in [6.45, 7) is 0.183. The van der Waals surface area contributed by atoms with Crippen molar-refractivity contribution in [3.05, 3.63) is 70.4 Å². The number of hydrogen-bond acceptors (Lipinski definition) is 9. The van der Waals surface area contributed by atoms with Gasteiger partial charge in [-0.15, -0.1) is 0 Å². The maximum absolute atomic E-state index is 12.6. The van der Waals surface area contributed by atoms with Crippen LogP contribution < -0.4 is 10.6 Å². The lowest BCUT2D eigenvalue weighted by atomic mass is 10.3. The van der Waals surface area contributed by atoms with E-state index in [1.807, 2.05) is 0 Å². The molecule has 164 valence electrons. The van der Waals surface area contributed by atoms with Gasteiger partial charge in [-0.1, -0.05) is 4.98 Å². The molecule has 2 N–H and O–H groups in total. The van der Waals surface area contributed by atoms with Gasteiger partial charge < -0.3 is 25.2 Å². The van der Waals surface area contributed by atoms with Crippen molar-refractivity contribution in [3.63, 3.8) is 0 Å². The maximum atomic E-state index is 12.6. The van der Waals surface area contributed by atoms with E-state index in [2.05, 4.69) is 30.9 Å². The third kappa shape index (κ3) is 4.50. The minimum atomic E-state index is -0.714. The fraction of sp³-hybridized carbons (Fsp3) is 0.176. The van der Waals surface area contributed by atoms with Crippen molar-refractivity contribution in [2.45, 2.75) is 13.2 Å². The Morgan fingerprint density at radius 2 is 2.03 bits per heavy atom. The van der Waals surface area contributed by atoms with E-state index in [1.54, 1.807) is 19.2 Å². The Hall–Kier alpha value is -4.82. The zero-order valence-electron chi connectivity index (χ0n) is 16.6. The number of nitro groups is 1. The normalized spacial score (nSPS) is 10.8. The predicted octanol–water partition coefficient (Wildman–Crippen LogP) is 0.397. The summed E-state index contributed by atoms with van der Waals surface area (Å²) in [6, 6.07) is 4.88.